The van der Waals surface area contributed by atoms with Gasteiger partial charge in [0.1, 0.15) is 0 Å². The summed E-state index contributed by atoms with van der Waals surface area (Å²) in [6.07, 6.45) is 0.245. The molecule has 122 valence electrons. The predicted molar refractivity (Wildman–Crippen MR) is 95.1 cm³/mol. The highest BCUT2D eigenvalue weighted by molar-refractivity contribution is 7.71. The molecule has 0 bridgehead atoms. The summed E-state index contributed by atoms with van der Waals surface area (Å²) in [4.78, 5) is 18.1. The molecule has 0 unspecified atom stereocenters. The van der Waals surface area contributed by atoms with E-state index in [4.69, 9.17) is 17.0 Å². The zero-order valence-electron chi connectivity index (χ0n) is 13.0. The zero-order chi connectivity index (χ0) is 17.1. The van der Waals surface area contributed by atoms with Crippen LogP contribution in [0.4, 0.5) is 0 Å². The lowest BCUT2D eigenvalue weighted by atomic mass is 10.00. The van der Waals surface area contributed by atoms with Crippen LogP contribution in [0.5, 0.6) is 11.5 Å². The number of rotatable bonds is 4. The van der Waals surface area contributed by atoms with E-state index in [1.807, 2.05) is 30.3 Å². The molecule has 0 saturated heterocycles. The highest BCUT2D eigenvalue weighted by Crippen LogP contribution is 2.31. The van der Waals surface area contributed by atoms with Gasteiger partial charge >= 0.3 is 0 Å². The molecule has 0 saturated carbocycles. The van der Waals surface area contributed by atoms with E-state index in [0.29, 0.717) is 22.6 Å². The molecule has 0 spiro atoms. The maximum absolute atomic E-state index is 12.4. The minimum absolute atomic E-state index is 0.0286. The molecule has 3 rings (SSSR count). The zero-order valence-corrected chi connectivity index (χ0v) is 13.8. The molecule has 0 atom stereocenters. The van der Waals surface area contributed by atoms with Crippen molar-refractivity contribution in [2.75, 3.05) is 7.11 Å². The maximum Gasteiger partial charge on any atom is 0.255 e. The lowest BCUT2D eigenvalue weighted by Gasteiger charge is -2.12. The van der Waals surface area contributed by atoms with Crippen molar-refractivity contribution in [1.82, 2.24) is 9.97 Å². The fraction of sp³-hybridized carbons (Fsp3) is 0.111. The number of hydrogen-bond acceptors (Lipinski definition) is 4. The number of aromatic amines is 2. The first-order valence-corrected chi connectivity index (χ1v) is 7.76. The minimum Gasteiger partial charge on any atom is -0.504 e. The Bertz CT molecular complexity index is 978. The van der Waals surface area contributed by atoms with Gasteiger partial charge < -0.3 is 14.8 Å². The van der Waals surface area contributed by atoms with Crippen LogP contribution in [0.3, 0.4) is 0 Å². The Balaban J connectivity index is 2.15. The Morgan fingerprint density at radius 1 is 1.08 bits per heavy atom. The van der Waals surface area contributed by atoms with Crippen LogP contribution in [0.25, 0.3) is 11.3 Å². The number of benzene rings is 2. The van der Waals surface area contributed by atoms with Gasteiger partial charge in [-0.3, -0.25) is 9.78 Å². The fourth-order valence-electron chi connectivity index (χ4n) is 2.60. The number of nitrogens with one attached hydrogen (secondary N) is 2. The first kappa shape index (κ1) is 16.0. The molecule has 0 aliphatic carbocycles. The summed E-state index contributed by atoms with van der Waals surface area (Å²) in [6, 6.07) is 14.7. The smallest absolute Gasteiger partial charge is 0.255 e. The molecule has 0 aliphatic rings. The van der Waals surface area contributed by atoms with Crippen LogP contribution in [0.2, 0.25) is 0 Å². The molecule has 3 aromatic rings. The van der Waals surface area contributed by atoms with Crippen molar-refractivity contribution in [2.45, 2.75) is 6.42 Å². The third kappa shape index (κ3) is 3.09. The molecule has 5 nitrogen and oxygen atoms in total. The number of phenols is 1. The summed E-state index contributed by atoms with van der Waals surface area (Å²) in [5, 5.41) is 10.3. The molecular formula is C18H16N2O3S. The van der Waals surface area contributed by atoms with Gasteiger partial charge in [-0.15, -0.1) is 0 Å². The van der Waals surface area contributed by atoms with E-state index < -0.39 is 0 Å². The van der Waals surface area contributed by atoms with Crippen molar-refractivity contribution in [2.24, 2.45) is 0 Å². The number of aromatic hydroxyl groups is 1. The number of phenolic OH excluding ortho intramolecular Hbond substituents is 1. The number of ether oxygens (including phenoxy) is 1. The van der Waals surface area contributed by atoms with Gasteiger partial charge in [0.25, 0.3) is 5.56 Å². The van der Waals surface area contributed by atoms with Crippen LogP contribution >= 0.6 is 12.2 Å². The standard InChI is InChI=1S/C18H16N2O3S/c1-23-14-9-5-8-12(16(14)21)10-13-15(11-6-3-2-4-7-11)19-18(24)20-17(13)22/h2-9,21H,10H2,1H3,(H2,19,20,22,24). The quantitative estimate of drug-likeness (QED) is 0.636. The molecule has 24 heavy (non-hydrogen) atoms. The Hall–Kier alpha value is -2.86. The van der Waals surface area contributed by atoms with Crippen LogP contribution < -0.4 is 10.3 Å². The lowest BCUT2D eigenvalue weighted by molar-refractivity contribution is 0.371. The van der Waals surface area contributed by atoms with E-state index >= 15 is 0 Å². The summed E-state index contributed by atoms with van der Waals surface area (Å²) in [5.41, 5.74) is 2.32. The SMILES string of the molecule is COc1cccc(Cc2c(-c3ccccc3)[nH]c(=S)[nH]c2=O)c1O. The van der Waals surface area contributed by atoms with E-state index in [1.165, 1.54) is 7.11 Å². The summed E-state index contributed by atoms with van der Waals surface area (Å²) >= 11 is 5.10. The number of hydrogen-bond donors (Lipinski definition) is 3. The van der Waals surface area contributed by atoms with E-state index in [2.05, 4.69) is 9.97 Å². The van der Waals surface area contributed by atoms with Gasteiger partial charge in [0.05, 0.1) is 12.8 Å². The van der Waals surface area contributed by atoms with Crippen LogP contribution in [0.1, 0.15) is 11.1 Å². The normalized spacial score (nSPS) is 10.5. The summed E-state index contributed by atoms with van der Waals surface area (Å²) in [6.45, 7) is 0. The van der Waals surface area contributed by atoms with Crippen LogP contribution in [-0.4, -0.2) is 22.2 Å². The fourth-order valence-corrected chi connectivity index (χ4v) is 2.79. The molecule has 2 aromatic carbocycles. The average Bonchev–Trinajstić information content (AvgIpc) is 2.59. The minimum atomic E-state index is -0.278. The third-order valence-corrected chi connectivity index (χ3v) is 3.98. The van der Waals surface area contributed by atoms with Gasteiger partial charge in [0.15, 0.2) is 16.3 Å². The van der Waals surface area contributed by atoms with Crippen LogP contribution in [-0.2, 0) is 6.42 Å². The molecular weight excluding hydrogens is 324 g/mol. The van der Waals surface area contributed by atoms with Gasteiger partial charge in [-0.1, -0.05) is 42.5 Å². The monoisotopic (exact) mass is 340 g/mol. The molecule has 0 amide bonds. The van der Waals surface area contributed by atoms with Crippen LogP contribution in [0, 0.1) is 4.77 Å². The molecule has 0 radical (unpaired) electrons. The second kappa shape index (κ2) is 6.72. The van der Waals surface area contributed by atoms with Crippen molar-refractivity contribution in [3.8, 4) is 22.8 Å². The van der Waals surface area contributed by atoms with Crippen molar-refractivity contribution in [3.63, 3.8) is 0 Å². The van der Waals surface area contributed by atoms with Crippen molar-refractivity contribution in [1.29, 1.82) is 0 Å². The predicted octanol–water partition coefficient (Wildman–Crippen LogP) is 3.40. The molecule has 0 fully saturated rings. The van der Waals surface area contributed by atoms with E-state index in [-0.39, 0.29) is 22.5 Å². The largest absolute Gasteiger partial charge is 0.504 e. The number of aromatic nitrogens is 2. The second-order valence-corrected chi connectivity index (χ2v) is 5.68. The number of H-pyrrole nitrogens is 2. The second-order valence-electron chi connectivity index (χ2n) is 5.27. The van der Waals surface area contributed by atoms with E-state index in [9.17, 15) is 9.90 Å². The highest BCUT2D eigenvalue weighted by atomic mass is 32.1. The van der Waals surface area contributed by atoms with Gasteiger partial charge in [0, 0.05) is 17.5 Å². The highest BCUT2D eigenvalue weighted by Gasteiger charge is 2.15. The van der Waals surface area contributed by atoms with Gasteiger partial charge in [-0.2, -0.15) is 0 Å². The third-order valence-electron chi connectivity index (χ3n) is 3.77. The Labute approximate surface area is 143 Å². The molecule has 1 aromatic heterocycles. The molecule has 3 N–H and O–H groups in total. The van der Waals surface area contributed by atoms with Crippen molar-refractivity contribution >= 4 is 12.2 Å². The van der Waals surface area contributed by atoms with Gasteiger partial charge in [0.2, 0.25) is 0 Å². The van der Waals surface area contributed by atoms with E-state index in [0.717, 1.165) is 5.56 Å². The van der Waals surface area contributed by atoms with Crippen LogP contribution in [0.15, 0.2) is 53.3 Å². The molecule has 0 aliphatic heterocycles. The van der Waals surface area contributed by atoms with Gasteiger partial charge in [-0.25, -0.2) is 0 Å². The Kier molecular flexibility index (Phi) is 4.48. The number of para-hydroxylation sites is 1. The molecule has 6 heteroatoms. The number of methoxy groups -OCH3 is 1. The average molecular weight is 340 g/mol. The maximum atomic E-state index is 12.4. The lowest BCUT2D eigenvalue weighted by Crippen LogP contribution is -2.16. The molecule has 1 heterocycles. The first-order valence-electron chi connectivity index (χ1n) is 7.36. The van der Waals surface area contributed by atoms with E-state index in [1.54, 1.807) is 18.2 Å². The Morgan fingerprint density at radius 2 is 1.83 bits per heavy atom. The van der Waals surface area contributed by atoms with Crippen molar-refractivity contribution in [3.05, 3.63) is 74.8 Å². The van der Waals surface area contributed by atoms with Gasteiger partial charge in [-0.05, 0) is 23.8 Å². The first-order chi connectivity index (χ1) is 11.6. The topological polar surface area (TPSA) is 78.1 Å². The summed E-state index contributed by atoms with van der Waals surface area (Å²) < 4.78 is 5.39. The Morgan fingerprint density at radius 3 is 2.54 bits per heavy atom. The van der Waals surface area contributed by atoms with Crippen molar-refractivity contribution < 1.29 is 9.84 Å². The summed E-state index contributed by atoms with van der Waals surface area (Å²) in [7, 11) is 1.49. The summed E-state index contributed by atoms with van der Waals surface area (Å²) in [5.74, 6) is 0.398.